The first-order valence-corrected chi connectivity index (χ1v) is 13.7. The number of carbonyl (C=O) groups is 1. The van der Waals surface area contributed by atoms with Crippen molar-refractivity contribution in [2.45, 2.75) is 46.6 Å². The van der Waals surface area contributed by atoms with Crippen LogP contribution in [0.4, 0.5) is 5.69 Å². The number of nitrogens with one attached hydrogen (secondary N) is 1. The van der Waals surface area contributed by atoms with E-state index in [1.165, 1.54) is 30.3 Å². The summed E-state index contributed by atoms with van der Waals surface area (Å²) in [5.74, 6) is 1.02. The summed E-state index contributed by atoms with van der Waals surface area (Å²) in [4.78, 5) is 26.5. The van der Waals surface area contributed by atoms with Crippen LogP contribution in [0, 0.1) is 26.9 Å². The fraction of sp³-hybridized carbons (Fsp3) is 0.357. The number of aromatic amines is 1. The van der Waals surface area contributed by atoms with E-state index in [9.17, 15) is 14.9 Å². The SMILES string of the molecule is CC12CCC(C/C1=N\N=C1\S/C(=C\c3cn[nH]c3-c3cccc([N+](=O)[O-])c3)C(=O)N1Cc1ccco1)C2(C)C. The lowest BCUT2D eigenvalue weighted by atomic mass is 9.70. The quantitative estimate of drug-likeness (QED) is 0.222. The van der Waals surface area contributed by atoms with Crippen LogP contribution in [-0.2, 0) is 11.3 Å². The lowest BCUT2D eigenvalue weighted by molar-refractivity contribution is -0.384. The first kappa shape index (κ1) is 25.3. The lowest BCUT2D eigenvalue weighted by Gasteiger charge is -2.34. The Morgan fingerprint density at radius 2 is 2.13 bits per heavy atom. The molecule has 1 aliphatic heterocycles. The number of furan rings is 1. The summed E-state index contributed by atoms with van der Waals surface area (Å²) < 4.78 is 5.52. The number of benzene rings is 1. The minimum atomic E-state index is -0.442. The van der Waals surface area contributed by atoms with Crippen LogP contribution in [0.5, 0.6) is 0 Å². The Morgan fingerprint density at radius 1 is 1.28 bits per heavy atom. The number of nitro benzene ring substituents is 1. The second-order valence-electron chi connectivity index (χ2n) is 11.0. The number of hydrogen-bond donors (Lipinski definition) is 1. The number of nitro groups is 1. The fourth-order valence-corrected chi connectivity index (χ4v) is 6.93. The van der Waals surface area contributed by atoms with Gasteiger partial charge in [-0.05, 0) is 60.6 Å². The molecule has 1 amide bonds. The Kier molecular flexibility index (Phi) is 6.05. The van der Waals surface area contributed by atoms with Crippen molar-refractivity contribution >= 4 is 40.3 Å². The molecule has 2 aromatic heterocycles. The molecule has 1 saturated heterocycles. The van der Waals surface area contributed by atoms with Gasteiger partial charge in [0.15, 0.2) is 5.17 Å². The van der Waals surface area contributed by atoms with E-state index in [1.54, 1.807) is 41.6 Å². The zero-order valence-corrected chi connectivity index (χ0v) is 22.7. The summed E-state index contributed by atoms with van der Waals surface area (Å²) in [7, 11) is 0. The monoisotopic (exact) mass is 544 g/mol. The molecule has 2 bridgehead atoms. The van der Waals surface area contributed by atoms with Crippen molar-refractivity contribution in [1.82, 2.24) is 15.1 Å². The summed E-state index contributed by atoms with van der Waals surface area (Å²) in [6.45, 7) is 7.16. The third-order valence-corrected chi connectivity index (χ3v) is 9.85. The van der Waals surface area contributed by atoms with Crippen LogP contribution in [0.25, 0.3) is 17.3 Å². The van der Waals surface area contributed by atoms with Gasteiger partial charge in [0.2, 0.25) is 0 Å². The number of amidine groups is 1. The van der Waals surface area contributed by atoms with E-state index in [-0.39, 0.29) is 29.0 Å². The molecule has 2 atom stereocenters. The first-order chi connectivity index (χ1) is 18.7. The molecule has 2 aliphatic carbocycles. The van der Waals surface area contributed by atoms with Crippen LogP contribution in [0.1, 0.15) is 51.4 Å². The third-order valence-electron chi connectivity index (χ3n) is 8.85. The number of carbonyl (C=O) groups excluding carboxylic acids is 1. The fourth-order valence-electron chi connectivity index (χ4n) is 6.02. The van der Waals surface area contributed by atoms with Gasteiger partial charge >= 0.3 is 0 Å². The van der Waals surface area contributed by atoms with Crippen molar-refractivity contribution in [3.05, 3.63) is 75.2 Å². The number of fused-ring (bicyclic) bond motifs is 2. The molecule has 1 aromatic carbocycles. The number of nitrogens with zero attached hydrogens (tertiary/aromatic N) is 5. The van der Waals surface area contributed by atoms with E-state index in [1.807, 2.05) is 6.07 Å². The Bertz CT molecular complexity index is 1550. The Hall–Kier alpha value is -3.99. The van der Waals surface area contributed by atoms with E-state index in [2.05, 4.69) is 36.1 Å². The number of rotatable bonds is 6. The minimum Gasteiger partial charge on any atom is -0.467 e. The predicted molar refractivity (Wildman–Crippen MR) is 150 cm³/mol. The van der Waals surface area contributed by atoms with Gasteiger partial charge in [0.05, 0.1) is 34.5 Å². The van der Waals surface area contributed by atoms with Gasteiger partial charge in [-0.25, -0.2) is 0 Å². The third kappa shape index (κ3) is 4.21. The maximum atomic E-state index is 13.6. The van der Waals surface area contributed by atoms with Crippen LogP contribution < -0.4 is 0 Å². The number of aromatic nitrogens is 2. The van der Waals surface area contributed by atoms with Gasteiger partial charge in [-0.15, -0.1) is 5.10 Å². The topological polar surface area (TPSA) is 130 Å². The van der Waals surface area contributed by atoms with Gasteiger partial charge in [-0.3, -0.25) is 24.9 Å². The average Bonchev–Trinajstić information content (AvgIpc) is 3.72. The molecule has 3 fully saturated rings. The van der Waals surface area contributed by atoms with Crippen molar-refractivity contribution < 1.29 is 14.1 Å². The molecule has 11 heteroatoms. The van der Waals surface area contributed by atoms with Gasteiger partial charge in [0, 0.05) is 34.4 Å². The minimum absolute atomic E-state index is 0.00348. The normalized spacial score (nSPS) is 26.9. The number of hydrogen-bond acceptors (Lipinski definition) is 8. The van der Waals surface area contributed by atoms with Gasteiger partial charge in [0.25, 0.3) is 11.6 Å². The number of H-pyrrole nitrogens is 1. The van der Waals surface area contributed by atoms with E-state index in [0.717, 1.165) is 18.6 Å². The maximum absolute atomic E-state index is 13.6. The van der Waals surface area contributed by atoms with E-state index in [0.29, 0.717) is 38.6 Å². The zero-order chi connectivity index (χ0) is 27.4. The maximum Gasteiger partial charge on any atom is 0.270 e. The van der Waals surface area contributed by atoms with Gasteiger partial charge < -0.3 is 4.42 Å². The molecule has 3 heterocycles. The van der Waals surface area contributed by atoms with E-state index >= 15 is 0 Å². The van der Waals surface area contributed by atoms with Crippen LogP contribution in [0.15, 0.2) is 68.4 Å². The number of thioether (sulfide) groups is 1. The van der Waals surface area contributed by atoms with Gasteiger partial charge in [-0.2, -0.15) is 10.2 Å². The molecule has 10 nitrogen and oxygen atoms in total. The summed E-state index contributed by atoms with van der Waals surface area (Å²) in [6.07, 6.45) is 8.15. The van der Waals surface area contributed by atoms with Crippen molar-refractivity contribution in [2.75, 3.05) is 0 Å². The summed E-state index contributed by atoms with van der Waals surface area (Å²) in [5.41, 5.74) is 3.07. The van der Waals surface area contributed by atoms with Crippen LogP contribution in [0.3, 0.4) is 0 Å². The number of amides is 1. The Morgan fingerprint density at radius 3 is 2.82 bits per heavy atom. The highest BCUT2D eigenvalue weighted by Gasteiger charge is 2.60. The Labute approximate surface area is 229 Å². The summed E-state index contributed by atoms with van der Waals surface area (Å²) in [6, 6.07) is 9.89. The molecular formula is C28H28N6O4S. The second kappa shape index (κ2) is 9.33. The molecular weight excluding hydrogens is 516 g/mol. The van der Waals surface area contributed by atoms with Crippen molar-refractivity contribution in [3.63, 3.8) is 0 Å². The largest absolute Gasteiger partial charge is 0.467 e. The zero-order valence-electron chi connectivity index (χ0n) is 21.9. The molecule has 6 rings (SSSR count). The molecule has 2 unspecified atom stereocenters. The van der Waals surface area contributed by atoms with Crippen LogP contribution in [0.2, 0.25) is 0 Å². The summed E-state index contributed by atoms with van der Waals surface area (Å²) >= 11 is 1.25. The second-order valence-corrected chi connectivity index (χ2v) is 12.0. The number of non-ortho nitro benzene ring substituents is 1. The van der Waals surface area contributed by atoms with E-state index in [4.69, 9.17) is 9.52 Å². The van der Waals surface area contributed by atoms with Crippen LogP contribution in [-0.4, -0.2) is 36.8 Å². The molecule has 200 valence electrons. The molecule has 39 heavy (non-hydrogen) atoms. The molecule has 1 N–H and O–H groups in total. The van der Waals surface area contributed by atoms with Crippen molar-refractivity contribution in [2.24, 2.45) is 27.0 Å². The van der Waals surface area contributed by atoms with Crippen LogP contribution >= 0.6 is 11.8 Å². The van der Waals surface area contributed by atoms with Gasteiger partial charge in [-0.1, -0.05) is 32.9 Å². The molecule has 3 aromatic rings. The highest BCUT2D eigenvalue weighted by Crippen LogP contribution is 2.64. The predicted octanol–water partition coefficient (Wildman–Crippen LogP) is 6.25. The van der Waals surface area contributed by atoms with Crippen molar-refractivity contribution in [3.8, 4) is 11.3 Å². The lowest BCUT2D eigenvalue weighted by Crippen LogP contribution is -2.32. The van der Waals surface area contributed by atoms with E-state index < -0.39 is 4.92 Å². The molecule has 0 spiro atoms. The Balaban J connectivity index is 1.35. The highest BCUT2D eigenvalue weighted by atomic mass is 32.2. The average molecular weight is 545 g/mol. The molecule has 2 saturated carbocycles. The molecule has 3 aliphatic rings. The van der Waals surface area contributed by atoms with Gasteiger partial charge in [0.1, 0.15) is 5.76 Å². The molecule has 0 radical (unpaired) electrons. The smallest absolute Gasteiger partial charge is 0.270 e. The van der Waals surface area contributed by atoms with Crippen molar-refractivity contribution in [1.29, 1.82) is 0 Å². The first-order valence-electron chi connectivity index (χ1n) is 12.8. The highest BCUT2D eigenvalue weighted by molar-refractivity contribution is 8.18. The standard InChI is InChI=1S/C28H28N6O4S/c1-27(2)19-9-10-28(27,3)23(14-19)30-32-26-33(16-21-8-5-11-38-21)25(35)22(39-26)13-18-15-29-31-24(18)17-6-4-7-20(12-17)34(36)37/h4-8,11-13,15,19H,9-10,14,16H2,1-3H3,(H,29,31)/b22-13-,30-23+,32-26+. The summed E-state index contributed by atoms with van der Waals surface area (Å²) in [5, 5.41) is 28.2.